The second-order valence-electron chi connectivity index (χ2n) is 4.81. The van der Waals surface area contributed by atoms with Gasteiger partial charge in [-0.05, 0) is 23.3 Å². The molecule has 0 saturated heterocycles. The second-order valence-corrected chi connectivity index (χ2v) is 4.81. The molecule has 0 fully saturated rings. The maximum atomic E-state index is 11.6. The summed E-state index contributed by atoms with van der Waals surface area (Å²) in [6.45, 7) is 2.63. The van der Waals surface area contributed by atoms with E-state index >= 15 is 0 Å². The van der Waals surface area contributed by atoms with E-state index in [9.17, 15) is 9.59 Å². The minimum atomic E-state index is -0.173. The first-order chi connectivity index (χ1) is 10.3. The van der Waals surface area contributed by atoms with E-state index in [-0.39, 0.29) is 12.5 Å². The number of nitrogens with one attached hydrogen (secondary N) is 1. The van der Waals surface area contributed by atoms with E-state index in [4.69, 9.17) is 4.74 Å². The monoisotopic (exact) mass is 285 g/mol. The number of hydrogen-bond donors (Lipinski definition) is 1. The van der Waals surface area contributed by atoms with Crippen LogP contribution in [0.15, 0.2) is 36.4 Å². The molecule has 1 N–H and O–H groups in total. The number of amides is 1. The summed E-state index contributed by atoms with van der Waals surface area (Å²) in [4.78, 5) is 22.9. The second kappa shape index (κ2) is 7.43. The van der Waals surface area contributed by atoms with Gasteiger partial charge in [-0.2, -0.15) is 0 Å². The first kappa shape index (κ1) is 15.0. The Bertz CT molecular complexity index is 637. The zero-order valence-electron chi connectivity index (χ0n) is 12.1. The van der Waals surface area contributed by atoms with Crippen molar-refractivity contribution in [1.82, 2.24) is 5.32 Å². The van der Waals surface area contributed by atoms with Crippen LogP contribution < -0.4 is 10.1 Å². The molecule has 2 aromatic rings. The van der Waals surface area contributed by atoms with Crippen molar-refractivity contribution >= 4 is 23.0 Å². The molecule has 0 aliphatic carbocycles. The Balaban J connectivity index is 2.08. The lowest BCUT2D eigenvalue weighted by Gasteiger charge is -2.10. The molecule has 0 radical (unpaired) electrons. The fourth-order valence-electron chi connectivity index (χ4n) is 2.12. The highest BCUT2D eigenvalue weighted by molar-refractivity contribution is 6.00. The van der Waals surface area contributed by atoms with Crippen LogP contribution >= 0.6 is 0 Å². The normalized spacial score (nSPS) is 10.3. The van der Waals surface area contributed by atoms with Crippen molar-refractivity contribution in [3.8, 4) is 5.75 Å². The highest BCUT2D eigenvalue weighted by Gasteiger charge is 2.09. The van der Waals surface area contributed by atoms with Gasteiger partial charge in [0.25, 0.3) is 5.91 Å². The zero-order valence-corrected chi connectivity index (χ0v) is 12.1. The number of carbonyl (C=O) groups is 2. The van der Waals surface area contributed by atoms with E-state index < -0.39 is 0 Å². The molecule has 21 heavy (non-hydrogen) atoms. The van der Waals surface area contributed by atoms with Crippen LogP contribution in [-0.4, -0.2) is 25.3 Å². The van der Waals surface area contributed by atoms with Gasteiger partial charge in [-0.3, -0.25) is 9.59 Å². The van der Waals surface area contributed by atoms with Crippen molar-refractivity contribution in [1.29, 1.82) is 0 Å². The van der Waals surface area contributed by atoms with Crippen LogP contribution in [0, 0.1) is 0 Å². The fourth-order valence-corrected chi connectivity index (χ4v) is 2.12. The number of carbonyl (C=O) groups excluding carboxylic acids is 2. The standard InChI is InChI=1S/C17H19NO3/c1-2-3-10-18-17(20)12-21-16-9-8-13-6-4-5-7-14(13)15(16)11-19/h4-9,11H,2-3,10,12H2,1H3,(H,18,20). The van der Waals surface area contributed by atoms with Crippen molar-refractivity contribution < 1.29 is 14.3 Å². The summed E-state index contributed by atoms with van der Waals surface area (Å²) in [5.74, 6) is 0.266. The smallest absolute Gasteiger partial charge is 0.257 e. The van der Waals surface area contributed by atoms with Gasteiger partial charge in [0.2, 0.25) is 0 Å². The molecular formula is C17H19NO3. The van der Waals surface area contributed by atoms with Crippen molar-refractivity contribution in [2.75, 3.05) is 13.2 Å². The zero-order chi connectivity index (χ0) is 15.1. The SMILES string of the molecule is CCCCNC(=O)COc1ccc2ccccc2c1C=O. The third-order valence-electron chi connectivity index (χ3n) is 3.26. The molecule has 0 heterocycles. The molecule has 2 rings (SSSR count). The summed E-state index contributed by atoms with van der Waals surface area (Å²) in [6, 6.07) is 11.2. The van der Waals surface area contributed by atoms with Crippen LogP contribution in [0.1, 0.15) is 30.1 Å². The highest BCUT2D eigenvalue weighted by atomic mass is 16.5. The van der Waals surface area contributed by atoms with Crippen molar-refractivity contribution in [2.45, 2.75) is 19.8 Å². The van der Waals surface area contributed by atoms with Gasteiger partial charge in [0.15, 0.2) is 12.9 Å². The average molecular weight is 285 g/mol. The molecule has 4 heteroatoms. The number of benzene rings is 2. The van der Waals surface area contributed by atoms with Gasteiger partial charge in [0.1, 0.15) is 5.75 Å². The molecule has 4 nitrogen and oxygen atoms in total. The molecular weight excluding hydrogens is 266 g/mol. The number of ether oxygens (including phenoxy) is 1. The Morgan fingerprint density at radius 1 is 1.24 bits per heavy atom. The number of fused-ring (bicyclic) bond motifs is 1. The van der Waals surface area contributed by atoms with Crippen LogP contribution in [0.2, 0.25) is 0 Å². The number of unbranched alkanes of at least 4 members (excludes halogenated alkanes) is 1. The van der Waals surface area contributed by atoms with E-state index in [0.717, 1.165) is 29.9 Å². The predicted molar refractivity (Wildman–Crippen MR) is 82.7 cm³/mol. The van der Waals surface area contributed by atoms with Crippen LogP contribution in [-0.2, 0) is 4.79 Å². The minimum absolute atomic E-state index is 0.0805. The molecule has 0 aliphatic heterocycles. The minimum Gasteiger partial charge on any atom is -0.483 e. The van der Waals surface area contributed by atoms with Gasteiger partial charge in [0.05, 0.1) is 5.56 Å². The summed E-state index contributed by atoms with van der Waals surface area (Å²) < 4.78 is 5.49. The first-order valence-electron chi connectivity index (χ1n) is 7.12. The number of rotatable bonds is 7. The Labute approximate surface area is 124 Å². The third-order valence-corrected chi connectivity index (χ3v) is 3.26. The molecule has 0 atom stereocenters. The van der Waals surface area contributed by atoms with Crippen LogP contribution in [0.4, 0.5) is 0 Å². The van der Waals surface area contributed by atoms with Crippen LogP contribution in [0.25, 0.3) is 10.8 Å². The summed E-state index contributed by atoms with van der Waals surface area (Å²) in [5.41, 5.74) is 0.481. The fraction of sp³-hybridized carbons (Fsp3) is 0.294. The summed E-state index contributed by atoms with van der Waals surface area (Å²) in [5, 5.41) is 4.58. The topological polar surface area (TPSA) is 55.4 Å². The molecule has 0 unspecified atom stereocenters. The predicted octanol–water partition coefficient (Wildman–Crippen LogP) is 2.95. The average Bonchev–Trinajstić information content (AvgIpc) is 2.52. The maximum Gasteiger partial charge on any atom is 0.257 e. The van der Waals surface area contributed by atoms with E-state index in [1.165, 1.54) is 0 Å². The molecule has 0 bridgehead atoms. The van der Waals surface area contributed by atoms with Crippen LogP contribution in [0.3, 0.4) is 0 Å². The lowest BCUT2D eigenvalue weighted by molar-refractivity contribution is -0.123. The summed E-state index contributed by atoms with van der Waals surface area (Å²) in [6.07, 6.45) is 2.75. The largest absolute Gasteiger partial charge is 0.483 e. The van der Waals surface area contributed by atoms with Crippen molar-refractivity contribution in [3.05, 3.63) is 42.0 Å². The van der Waals surface area contributed by atoms with Gasteiger partial charge >= 0.3 is 0 Å². The maximum absolute atomic E-state index is 11.6. The lowest BCUT2D eigenvalue weighted by atomic mass is 10.0. The van der Waals surface area contributed by atoms with Gasteiger partial charge in [-0.25, -0.2) is 0 Å². The Hall–Kier alpha value is -2.36. The van der Waals surface area contributed by atoms with E-state index in [2.05, 4.69) is 12.2 Å². The van der Waals surface area contributed by atoms with E-state index in [1.807, 2.05) is 30.3 Å². The molecule has 0 spiro atoms. The lowest BCUT2D eigenvalue weighted by Crippen LogP contribution is -2.29. The number of aldehydes is 1. The molecule has 110 valence electrons. The van der Waals surface area contributed by atoms with Gasteiger partial charge in [-0.1, -0.05) is 43.7 Å². The van der Waals surface area contributed by atoms with E-state index in [0.29, 0.717) is 17.9 Å². The molecule has 0 aromatic heterocycles. The van der Waals surface area contributed by atoms with Gasteiger partial charge in [-0.15, -0.1) is 0 Å². The Morgan fingerprint density at radius 3 is 2.81 bits per heavy atom. The molecule has 1 amide bonds. The molecule has 0 saturated carbocycles. The molecule has 0 aliphatic rings. The van der Waals surface area contributed by atoms with E-state index in [1.54, 1.807) is 6.07 Å². The molecule has 2 aromatic carbocycles. The first-order valence-corrected chi connectivity index (χ1v) is 7.12. The highest BCUT2D eigenvalue weighted by Crippen LogP contribution is 2.26. The van der Waals surface area contributed by atoms with Gasteiger partial charge in [0, 0.05) is 6.54 Å². The Kier molecular flexibility index (Phi) is 5.32. The summed E-state index contributed by atoms with van der Waals surface area (Å²) >= 11 is 0. The quantitative estimate of drug-likeness (QED) is 0.628. The van der Waals surface area contributed by atoms with Crippen molar-refractivity contribution in [3.63, 3.8) is 0 Å². The van der Waals surface area contributed by atoms with Gasteiger partial charge < -0.3 is 10.1 Å². The van der Waals surface area contributed by atoms with Crippen molar-refractivity contribution in [2.24, 2.45) is 0 Å². The van der Waals surface area contributed by atoms with Crippen LogP contribution in [0.5, 0.6) is 5.75 Å². The third kappa shape index (κ3) is 3.81. The Morgan fingerprint density at radius 2 is 2.05 bits per heavy atom. The number of hydrogen-bond acceptors (Lipinski definition) is 3. The summed E-state index contributed by atoms with van der Waals surface area (Å²) in [7, 11) is 0.